The summed E-state index contributed by atoms with van der Waals surface area (Å²) in [5.41, 5.74) is 1.08. The van der Waals surface area contributed by atoms with Crippen molar-refractivity contribution in [2.45, 2.75) is 25.2 Å². The first-order valence-corrected chi connectivity index (χ1v) is 6.31. The summed E-state index contributed by atoms with van der Waals surface area (Å²) < 4.78 is 11.8. The summed E-state index contributed by atoms with van der Waals surface area (Å²) in [5.74, 6) is 0.733. The second-order valence-electron chi connectivity index (χ2n) is 4.93. The third kappa shape index (κ3) is 2.10. The third-order valence-corrected chi connectivity index (χ3v) is 3.95. The average molecular weight is 234 g/mol. The van der Waals surface area contributed by atoms with Crippen molar-refractivity contribution in [1.82, 2.24) is 0 Å². The molecule has 4 unspecified atom stereocenters. The molecule has 3 nitrogen and oxygen atoms in total. The highest BCUT2D eigenvalue weighted by atomic mass is 16.7. The molecular formula is C14H18O3. The molecule has 0 bridgehead atoms. The molecule has 92 valence electrons. The molecule has 0 radical (unpaired) electrons. The molecule has 3 rings (SSSR count). The van der Waals surface area contributed by atoms with Gasteiger partial charge in [0.15, 0.2) is 6.29 Å². The molecule has 1 aromatic carbocycles. The largest absolute Gasteiger partial charge is 0.396 e. The number of hydrogen-bond donors (Lipinski definition) is 1. The predicted molar refractivity (Wildman–Crippen MR) is 63.3 cm³/mol. The van der Waals surface area contributed by atoms with E-state index in [1.807, 2.05) is 30.3 Å². The van der Waals surface area contributed by atoms with Gasteiger partial charge in [-0.15, -0.1) is 0 Å². The van der Waals surface area contributed by atoms with Crippen molar-refractivity contribution in [2.75, 3.05) is 13.2 Å². The van der Waals surface area contributed by atoms with Gasteiger partial charge in [0.25, 0.3) is 0 Å². The van der Waals surface area contributed by atoms with Crippen molar-refractivity contribution in [3.05, 3.63) is 35.9 Å². The molecule has 17 heavy (non-hydrogen) atoms. The maximum atomic E-state index is 9.28. The SMILES string of the molecule is OCC1CCC2OC(c3ccccc3)OCC12. The minimum absolute atomic E-state index is 0.227. The van der Waals surface area contributed by atoms with Gasteiger partial charge in [-0.3, -0.25) is 0 Å². The van der Waals surface area contributed by atoms with Crippen LogP contribution in [-0.4, -0.2) is 24.4 Å². The molecule has 1 saturated heterocycles. The predicted octanol–water partition coefficient (Wildman–Crippen LogP) is 2.12. The van der Waals surface area contributed by atoms with E-state index >= 15 is 0 Å². The lowest BCUT2D eigenvalue weighted by molar-refractivity contribution is -0.239. The molecule has 4 atom stereocenters. The molecule has 1 saturated carbocycles. The standard InChI is InChI=1S/C14H18O3/c15-8-11-6-7-13-12(11)9-16-14(17-13)10-4-2-1-3-5-10/h1-5,11-15H,6-9H2. The number of aliphatic hydroxyl groups excluding tert-OH is 1. The van der Waals surface area contributed by atoms with Gasteiger partial charge in [-0.05, 0) is 18.8 Å². The van der Waals surface area contributed by atoms with Crippen molar-refractivity contribution in [2.24, 2.45) is 11.8 Å². The Kier molecular flexibility index (Phi) is 3.14. The number of aliphatic hydroxyl groups is 1. The summed E-state index contributed by atoms with van der Waals surface area (Å²) in [5, 5.41) is 9.28. The summed E-state index contributed by atoms with van der Waals surface area (Å²) in [6, 6.07) is 10.1. The highest BCUT2D eigenvalue weighted by Gasteiger charge is 2.41. The summed E-state index contributed by atoms with van der Waals surface area (Å²) in [6.07, 6.45) is 2.13. The highest BCUT2D eigenvalue weighted by molar-refractivity contribution is 5.16. The lowest BCUT2D eigenvalue weighted by Gasteiger charge is -2.34. The van der Waals surface area contributed by atoms with E-state index < -0.39 is 0 Å². The van der Waals surface area contributed by atoms with Gasteiger partial charge in [0.1, 0.15) is 0 Å². The zero-order chi connectivity index (χ0) is 11.7. The molecule has 2 aliphatic rings. The molecule has 1 aliphatic heterocycles. The van der Waals surface area contributed by atoms with Crippen LogP contribution in [-0.2, 0) is 9.47 Å². The van der Waals surface area contributed by atoms with E-state index in [4.69, 9.17) is 9.47 Å². The van der Waals surface area contributed by atoms with E-state index in [9.17, 15) is 5.11 Å². The summed E-state index contributed by atoms with van der Waals surface area (Å²) >= 11 is 0. The van der Waals surface area contributed by atoms with Crippen LogP contribution in [0.25, 0.3) is 0 Å². The maximum Gasteiger partial charge on any atom is 0.184 e. The first-order chi connectivity index (χ1) is 8.38. The number of hydrogen-bond acceptors (Lipinski definition) is 3. The van der Waals surface area contributed by atoms with Gasteiger partial charge in [-0.2, -0.15) is 0 Å². The van der Waals surface area contributed by atoms with E-state index in [2.05, 4.69) is 0 Å². The van der Waals surface area contributed by atoms with Gasteiger partial charge in [0, 0.05) is 18.1 Å². The van der Waals surface area contributed by atoms with Gasteiger partial charge >= 0.3 is 0 Å². The zero-order valence-electron chi connectivity index (χ0n) is 9.79. The number of ether oxygens (including phenoxy) is 2. The Labute approximate surface area is 101 Å². The molecule has 1 aromatic rings. The fourth-order valence-electron chi connectivity index (χ4n) is 2.93. The Morgan fingerprint density at radius 3 is 2.76 bits per heavy atom. The Morgan fingerprint density at radius 1 is 1.18 bits per heavy atom. The minimum Gasteiger partial charge on any atom is -0.396 e. The average Bonchev–Trinajstić information content (AvgIpc) is 2.81. The molecular weight excluding hydrogens is 216 g/mol. The zero-order valence-corrected chi connectivity index (χ0v) is 9.79. The van der Waals surface area contributed by atoms with Gasteiger partial charge in [-0.25, -0.2) is 0 Å². The quantitative estimate of drug-likeness (QED) is 0.852. The Morgan fingerprint density at radius 2 is 2.00 bits per heavy atom. The molecule has 1 heterocycles. The van der Waals surface area contributed by atoms with E-state index in [1.165, 1.54) is 0 Å². The van der Waals surface area contributed by atoms with Crippen LogP contribution in [0.2, 0.25) is 0 Å². The summed E-state index contributed by atoms with van der Waals surface area (Å²) in [6.45, 7) is 0.958. The normalized spacial score (nSPS) is 36.8. The fraction of sp³-hybridized carbons (Fsp3) is 0.571. The molecule has 0 amide bonds. The van der Waals surface area contributed by atoms with Crippen LogP contribution in [0.15, 0.2) is 30.3 Å². The van der Waals surface area contributed by atoms with Gasteiger partial charge in [0.05, 0.1) is 12.7 Å². The van der Waals surface area contributed by atoms with Crippen molar-refractivity contribution in [3.8, 4) is 0 Å². The first kappa shape index (κ1) is 11.2. The molecule has 0 aromatic heterocycles. The number of fused-ring (bicyclic) bond motifs is 1. The fourth-order valence-corrected chi connectivity index (χ4v) is 2.93. The smallest absolute Gasteiger partial charge is 0.184 e. The van der Waals surface area contributed by atoms with E-state index in [1.54, 1.807) is 0 Å². The number of rotatable bonds is 2. The molecule has 1 aliphatic carbocycles. The van der Waals surface area contributed by atoms with Crippen LogP contribution in [0, 0.1) is 11.8 Å². The van der Waals surface area contributed by atoms with Gasteiger partial charge in [0.2, 0.25) is 0 Å². The molecule has 1 N–H and O–H groups in total. The van der Waals surface area contributed by atoms with E-state index in [0.717, 1.165) is 18.4 Å². The van der Waals surface area contributed by atoms with Crippen LogP contribution in [0.1, 0.15) is 24.7 Å². The monoisotopic (exact) mass is 234 g/mol. The molecule has 3 heteroatoms. The molecule has 2 fully saturated rings. The number of benzene rings is 1. The summed E-state index contributed by atoms with van der Waals surface area (Å²) in [7, 11) is 0. The van der Waals surface area contributed by atoms with Gasteiger partial charge < -0.3 is 14.6 Å². The van der Waals surface area contributed by atoms with E-state index in [-0.39, 0.29) is 19.0 Å². The van der Waals surface area contributed by atoms with Crippen LogP contribution in [0.4, 0.5) is 0 Å². The Hall–Kier alpha value is -0.900. The third-order valence-electron chi connectivity index (χ3n) is 3.95. The second kappa shape index (κ2) is 4.77. The van der Waals surface area contributed by atoms with Crippen molar-refractivity contribution < 1.29 is 14.6 Å². The van der Waals surface area contributed by atoms with Crippen LogP contribution in [0.3, 0.4) is 0 Å². The highest BCUT2D eigenvalue weighted by Crippen LogP contribution is 2.41. The van der Waals surface area contributed by atoms with Gasteiger partial charge in [-0.1, -0.05) is 30.3 Å². The minimum atomic E-state index is -0.227. The first-order valence-electron chi connectivity index (χ1n) is 6.31. The maximum absolute atomic E-state index is 9.28. The topological polar surface area (TPSA) is 38.7 Å². The lowest BCUT2D eigenvalue weighted by Crippen LogP contribution is -2.36. The van der Waals surface area contributed by atoms with Crippen LogP contribution >= 0.6 is 0 Å². The lowest BCUT2D eigenvalue weighted by atomic mass is 9.95. The van der Waals surface area contributed by atoms with Crippen molar-refractivity contribution in [1.29, 1.82) is 0 Å². The second-order valence-corrected chi connectivity index (χ2v) is 4.93. The Bertz CT molecular complexity index is 365. The van der Waals surface area contributed by atoms with Crippen LogP contribution in [0.5, 0.6) is 0 Å². The van der Waals surface area contributed by atoms with E-state index in [0.29, 0.717) is 18.4 Å². The van der Waals surface area contributed by atoms with Crippen molar-refractivity contribution in [3.63, 3.8) is 0 Å². The summed E-state index contributed by atoms with van der Waals surface area (Å²) in [4.78, 5) is 0. The molecule has 0 spiro atoms. The van der Waals surface area contributed by atoms with Crippen molar-refractivity contribution >= 4 is 0 Å². The Balaban J connectivity index is 1.70. The van der Waals surface area contributed by atoms with Crippen LogP contribution < -0.4 is 0 Å².